The Morgan fingerprint density at radius 3 is 2.90 bits per heavy atom. The second kappa shape index (κ2) is 7.24. The summed E-state index contributed by atoms with van der Waals surface area (Å²) in [5.41, 5.74) is 0. The van der Waals surface area contributed by atoms with Gasteiger partial charge in [-0.05, 0) is 45.1 Å². The predicted octanol–water partition coefficient (Wildman–Crippen LogP) is 2.94. The molecule has 0 aromatic rings. The Morgan fingerprint density at radius 2 is 2.00 bits per heavy atom. The molecule has 3 fully saturated rings. The molecule has 3 aliphatic rings. The summed E-state index contributed by atoms with van der Waals surface area (Å²) in [5.74, 6) is 0. The third-order valence-electron chi connectivity index (χ3n) is 5.57. The highest BCUT2D eigenvalue weighted by atomic mass is 16.5. The largest absolute Gasteiger partial charge is 0.375 e. The zero-order chi connectivity index (χ0) is 13.8. The van der Waals surface area contributed by atoms with E-state index in [0.29, 0.717) is 6.10 Å². The van der Waals surface area contributed by atoms with Gasteiger partial charge in [0.25, 0.3) is 0 Å². The number of rotatable bonds is 4. The number of nitrogens with one attached hydrogen (secondary N) is 1. The lowest BCUT2D eigenvalue weighted by Gasteiger charge is -2.49. The summed E-state index contributed by atoms with van der Waals surface area (Å²) < 4.78 is 6.04. The standard InChI is InChI=1S/C17H32N2O/c1-2-10-18-14-6-5-7-15(13-14)19-11-12-20-17-9-4-3-8-16(17)19/h14-18H,2-13H2,1H3. The maximum Gasteiger partial charge on any atom is 0.0731 e. The summed E-state index contributed by atoms with van der Waals surface area (Å²) in [7, 11) is 0. The molecule has 0 aromatic heterocycles. The monoisotopic (exact) mass is 280 g/mol. The van der Waals surface area contributed by atoms with E-state index >= 15 is 0 Å². The van der Waals surface area contributed by atoms with E-state index in [9.17, 15) is 0 Å². The van der Waals surface area contributed by atoms with Crippen LogP contribution in [-0.4, -0.2) is 48.8 Å². The molecule has 0 bridgehead atoms. The Labute approximate surface area is 124 Å². The van der Waals surface area contributed by atoms with Crippen molar-refractivity contribution in [1.29, 1.82) is 0 Å². The molecule has 2 saturated carbocycles. The molecule has 3 heteroatoms. The average Bonchev–Trinajstić information content (AvgIpc) is 2.52. The lowest BCUT2D eigenvalue weighted by molar-refractivity contribution is -0.107. The second-order valence-corrected chi connectivity index (χ2v) is 6.97. The lowest BCUT2D eigenvalue weighted by Crippen LogP contribution is -2.58. The Morgan fingerprint density at radius 1 is 1.10 bits per heavy atom. The number of ether oxygens (including phenoxy) is 1. The number of morpholine rings is 1. The minimum Gasteiger partial charge on any atom is -0.375 e. The fraction of sp³-hybridized carbons (Fsp3) is 1.00. The predicted molar refractivity (Wildman–Crippen MR) is 83.0 cm³/mol. The minimum absolute atomic E-state index is 0.543. The van der Waals surface area contributed by atoms with Gasteiger partial charge in [0.1, 0.15) is 0 Å². The van der Waals surface area contributed by atoms with Crippen molar-refractivity contribution in [2.45, 2.75) is 88.9 Å². The van der Waals surface area contributed by atoms with Crippen molar-refractivity contribution >= 4 is 0 Å². The number of hydrogen-bond acceptors (Lipinski definition) is 3. The third-order valence-corrected chi connectivity index (χ3v) is 5.57. The van der Waals surface area contributed by atoms with Gasteiger partial charge in [-0.2, -0.15) is 0 Å². The summed E-state index contributed by atoms with van der Waals surface area (Å²) in [6, 6.07) is 2.30. The van der Waals surface area contributed by atoms with Crippen LogP contribution in [0.5, 0.6) is 0 Å². The molecule has 2 aliphatic carbocycles. The van der Waals surface area contributed by atoms with Crippen LogP contribution in [0.15, 0.2) is 0 Å². The third kappa shape index (κ3) is 3.37. The molecule has 1 heterocycles. The van der Waals surface area contributed by atoms with Gasteiger partial charge in [0.15, 0.2) is 0 Å². The minimum atomic E-state index is 0.543. The normalized spacial score (nSPS) is 39.5. The first-order valence-corrected chi connectivity index (χ1v) is 8.99. The van der Waals surface area contributed by atoms with Crippen LogP contribution in [-0.2, 0) is 4.74 Å². The molecule has 116 valence electrons. The van der Waals surface area contributed by atoms with Crippen LogP contribution in [0.2, 0.25) is 0 Å². The van der Waals surface area contributed by atoms with Crippen LogP contribution in [0, 0.1) is 0 Å². The summed E-state index contributed by atoms with van der Waals surface area (Å²) in [5, 5.41) is 3.75. The molecule has 3 rings (SSSR count). The van der Waals surface area contributed by atoms with E-state index in [2.05, 4.69) is 17.1 Å². The van der Waals surface area contributed by atoms with Crippen molar-refractivity contribution in [2.24, 2.45) is 0 Å². The smallest absolute Gasteiger partial charge is 0.0731 e. The highest BCUT2D eigenvalue weighted by Crippen LogP contribution is 2.33. The summed E-state index contributed by atoms with van der Waals surface area (Å²) in [4.78, 5) is 2.84. The van der Waals surface area contributed by atoms with Crippen molar-refractivity contribution in [2.75, 3.05) is 19.7 Å². The first kappa shape index (κ1) is 14.8. The van der Waals surface area contributed by atoms with Crippen LogP contribution in [0.4, 0.5) is 0 Å². The van der Waals surface area contributed by atoms with Gasteiger partial charge < -0.3 is 10.1 Å². The van der Waals surface area contributed by atoms with E-state index in [1.54, 1.807) is 0 Å². The van der Waals surface area contributed by atoms with E-state index in [-0.39, 0.29) is 0 Å². The molecular weight excluding hydrogens is 248 g/mol. The first-order chi connectivity index (χ1) is 9.88. The van der Waals surface area contributed by atoms with Crippen molar-refractivity contribution in [3.63, 3.8) is 0 Å². The quantitative estimate of drug-likeness (QED) is 0.857. The van der Waals surface area contributed by atoms with Crippen molar-refractivity contribution in [3.8, 4) is 0 Å². The summed E-state index contributed by atoms with van der Waals surface area (Å²) in [6.07, 6.45) is 12.8. The highest BCUT2D eigenvalue weighted by Gasteiger charge is 2.38. The van der Waals surface area contributed by atoms with Crippen molar-refractivity contribution in [3.05, 3.63) is 0 Å². The second-order valence-electron chi connectivity index (χ2n) is 6.97. The van der Waals surface area contributed by atoms with Gasteiger partial charge in [-0.3, -0.25) is 4.90 Å². The molecule has 3 nitrogen and oxygen atoms in total. The maximum atomic E-state index is 6.04. The molecule has 4 unspecified atom stereocenters. The Balaban J connectivity index is 1.58. The molecule has 1 N–H and O–H groups in total. The van der Waals surface area contributed by atoms with Gasteiger partial charge in [0, 0.05) is 24.7 Å². The van der Waals surface area contributed by atoms with Gasteiger partial charge in [-0.25, -0.2) is 0 Å². The Hall–Kier alpha value is -0.120. The van der Waals surface area contributed by atoms with Crippen LogP contribution in [0.3, 0.4) is 0 Å². The zero-order valence-corrected chi connectivity index (χ0v) is 13.2. The van der Waals surface area contributed by atoms with Gasteiger partial charge in [0.05, 0.1) is 12.7 Å². The lowest BCUT2D eigenvalue weighted by atomic mass is 9.84. The number of fused-ring (bicyclic) bond motifs is 1. The average molecular weight is 280 g/mol. The number of nitrogens with zero attached hydrogens (tertiary/aromatic N) is 1. The van der Waals surface area contributed by atoms with Crippen LogP contribution in [0.25, 0.3) is 0 Å². The van der Waals surface area contributed by atoms with E-state index in [1.807, 2.05) is 0 Å². The van der Waals surface area contributed by atoms with Crippen molar-refractivity contribution in [1.82, 2.24) is 10.2 Å². The van der Waals surface area contributed by atoms with Crippen LogP contribution < -0.4 is 5.32 Å². The van der Waals surface area contributed by atoms with Crippen molar-refractivity contribution < 1.29 is 4.74 Å². The molecule has 0 amide bonds. The van der Waals surface area contributed by atoms with Gasteiger partial charge in [-0.15, -0.1) is 0 Å². The summed E-state index contributed by atoms with van der Waals surface area (Å²) in [6.45, 7) is 5.59. The molecule has 0 aromatic carbocycles. The fourth-order valence-corrected chi connectivity index (χ4v) is 4.58. The van der Waals surface area contributed by atoms with E-state index < -0.39 is 0 Å². The topological polar surface area (TPSA) is 24.5 Å². The van der Waals surface area contributed by atoms with E-state index in [0.717, 1.165) is 24.7 Å². The molecular formula is C17H32N2O. The molecule has 1 saturated heterocycles. The van der Waals surface area contributed by atoms with Gasteiger partial charge >= 0.3 is 0 Å². The van der Waals surface area contributed by atoms with Crippen LogP contribution >= 0.6 is 0 Å². The molecule has 0 radical (unpaired) electrons. The molecule has 0 spiro atoms. The summed E-state index contributed by atoms with van der Waals surface area (Å²) >= 11 is 0. The van der Waals surface area contributed by atoms with E-state index in [4.69, 9.17) is 4.74 Å². The first-order valence-electron chi connectivity index (χ1n) is 8.99. The molecule has 20 heavy (non-hydrogen) atoms. The fourth-order valence-electron chi connectivity index (χ4n) is 4.58. The number of hydrogen-bond donors (Lipinski definition) is 1. The van der Waals surface area contributed by atoms with E-state index in [1.165, 1.54) is 70.9 Å². The highest BCUT2D eigenvalue weighted by molar-refractivity contribution is 4.93. The van der Waals surface area contributed by atoms with Crippen LogP contribution in [0.1, 0.15) is 64.7 Å². The van der Waals surface area contributed by atoms with Gasteiger partial charge in [0.2, 0.25) is 0 Å². The van der Waals surface area contributed by atoms with Gasteiger partial charge in [-0.1, -0.05) is 26.2 Å². The Kier molecular flexibility index (Phi) is 5.36. The Bertz CT molecular complexity index is 295. The maximum absolute atomic E-state index is 6.04. The SMILES string of the molecule is CCCNC1CCCC(N2CCOC3CCCCC32)C1. The zero-order valence-electron chi connectivity index (χ0n) is 13.2. The molecule has 1 aliphatic heterocycles. The molecule has 4 atom stereocenters.